The van der Waals surface area contributed by atoms with Crippen molar-refractivity contribution < 1.29 is 102 Å². The van der Waals surface area contributed by atoms with Gasteiger partial charge in [-0.25, -0.2) is 18.0 Å². The number of carboxylic acid groups (broad SMARTS) is 1. The van der Waals surface area contributed by atoms with Crippen molar-refractivity contribution in [2.45, 2.75) is 312 Å². The van der Waals surface area contributed by atoms with E-state index < -0.39 is 108 Å². The first-order chi connectivity index (χ1) is 59.7. The number of hydrogen-bond acceptors (Lipinski definition) is 24. The number of amides is 3. The number of hydrogen-bond donors (Lipinski definition) is 7. The van der Waals surface area contributed by atoms with Crippen LogP contribution in [-0.2, 0) is 94.7 Å². The number of carbonyl (C=O) groups is 6. The number of rotatable bonds is 60. The predicted octanol–water partition coefficient (Wildman–Crippen LogP) is 14.7. The van der Waals surface area contributed by atoms with Crippen molar-refractivity contribution in [1.82, 2.24) is 41.1 Å². The van der Waals surface area contributed by atoms with Crippen molar-refractivity contribution in [2.24, 2.45) is 0 Å². The van der Waals surface area contributed by atoms with Crippen LogP contribution in [0.25, 0.3) is 44.7 Å². The summed E-state index contributed by atoms with van der Waals surface area (Å²) in [6.07, 6.45) is 38.5. The third-order valence-electron chi connectivity index (χ3n) is 22.3. The van der Waals surface area contributed by atoms with Crippen LogP contribution >= 0.6 is 7.82 Å². The fourth-order valence-electron chi connectivity index (χ4n) is 15.6. The predicted molar refractivity (Wildman–Crippen MR) is 466 cm³/mol. The number of phosphoric acid groups is 1. The number of nitrogens with two attached hydrogens (primary N) is 2. The number of nitrogens with zero attached hydrogens (tertiary/aromatic N) is 5. The minimum absolute atomic E-state index is 0.0788. The Bertz CT molecular complexity index is 4880. The highest BCUT2D eigenvalue weighted by Crippen LogP contribution is 2.46. The van der Waals surface area contributed by atoms with Gasteiger partial charge in [-0.1, -0.05) is 216 Å². The number of nitrogen functional groups attached to an aromatic ring is 1. The number of aromatic nitrogens is 5. The van der Waals surface area contributed by atoms with Crippen LogP contribution in [0, 0.1) is 0 Å². The number of phosphoric ester groups is 1. The van der Waals surface area contributed by atoms with Gasteiger partial charge in [-0.2, -0.15) is 13.5 Å². The smallest absolute Gasteiger partial charge is 0.407 e. The maximum atomic E-state index is 13.5. The molecule has 0 saturated carbocycles. The number of aryl methyl sites for hydroxylation is 3. The lowest BCUT2D eigenvalue weighted by molar-refractivity contribution is -0.228. The number of esters is 2. The van der Waals surface area contributed by atoms with Gasteiger partial charge in [0.15, 0.2) is 17.4 Å². The lowest BCUT2D eigenvalue weighted by Crippen LogP contribution is -2.47. The Balaban J connectivity index is 0.718. The van der Waals surface area contributed by atoms with Crippen LogP contribution in [0.3, 0.4) is 0 Å². The number of carboxylic acids is 1. The zero-order valence-electron chi connectivity index (χ0n) is 72.1. The normalized spacial score (nSPS) is 13.8. The molecule has 124 heavy (non-hydrogen) atoms. The SMILES string of the molecule is CCCCCCCCCCCCCCCC(=O)OC[C@H](COP(=O)([O-])OCCNC(=O)CCCCCn1cc(CCc2nnc(-c3ccccc3)c3c2CCCC(OC(=O)NCCCCCNC(=O)c2ccc(-c4c5ccc(=[NH2+])c(S(=O)(=O)O)c-5oc5c(S(=O)(=O)[O-])c(N)ccc45)c(C(=O)O)c2)CC3)nn1)OC(=O)CCCCCCCCCCCCCCC. The molecule has 34 heteroatoms. The molecule has 0 fully saturated rings. The Hall–Kier alpha value is -9.08. The van der Waals surface area contributed by atoms with Crippen molar-refractivity contribution in [2.75, 3.05) is 45.2 Å². The van der Waals surface area contributed by atoms with Crippen LogP contribution < -0.4 is 37.3 Å². The van der Waals surface area contributed by atoms with E-state index in [2.05, 4.69) is 40.1 Å². The molecule has 3 amide bonds. The number of nitrogens with one attached hydrogen (secondary N) is 3. The van der Waals surface area contributed by atoms with E-state index in [9.17, 15) is 69.3 Å². The minimum atomic E-state index is -5.43. The molecule has 31 nitrogen and oxygen atoms in total. The molecule has 2 aromatic heterocycles. The number of unbranched alkanes of at least 4 members (excludes halogenated alkanes) is 28. The maximum absolute atomic E-state index is 13.5. The molecule has 0 bridgehead atoms. The summed E-state index contributed by atoms with van der Waals surface area (Å²) < 4.78 is 121. The summed E-state index contributed by atoms with van der Waals surface area (Å²) in [4.78, 5) is 89.1. The zero-order chi connectivity index (χ0) is 89.1. The number of carbonyl (C=O) groups excluding carboxylic acids is 5. The number of ether oxygens (including phenoxy) is 3. The van der Waals surface area contributed by atoms with Crippen molar-refractivity contribution in [1.29, 1.82) is 0 Å². The van der Waals surface area contributed by atoms with Crippen LogP contribution in [0.2, 0.25) is 0 Å². The highest BCUT2D eigenvalue weighted by molar-refractivity contribution is 7.86. The van der Waals surface area contributed by atoms with E-state index in [4.69, 9.17) is 49.0 Å². The molecule has 8 rings (SSSR count). The summed E-state index contributed by atoms with van der Waals surface area (Å²) in [5, 5.41) is 42.4. The summed E-state index contributed by atoms with van der Waals surface area (Å²) in [6, 6.07) is 18.1. The average Bonchev–Trinajstić information content (AvgIpc) is 0.762. The second-order valence-electron chi connectivity index (χ2n) is 32.2. The van der Waals surface area contributed by atoms with Gasteiger partial charge in [0, 0.05) is 85.3 Å². The fourth-order valence-corrected chi connectivity index (χ4v) is 17.8. The molecule has 3 heterocycles. The van der Waals surface area contributed by atoms with E-state index in [1.54, 1.807) is 4.68 Å². The Morgan fingerprint density at radius 3 is 1.86 bits per heavy atom. The van der Waals surface area contributed by atoms with E-state index in [0.29, 0.717) is 96.4 Å². The largest absolute Gasteiger partial charge is 0.756 e. The van der Waals surface area contributed by atoms with E-state index in [-0.39, 0.29) is 91.8 Å². The molecular formula is C90H128N10O21PS2-. The van der Waals surface area contributed by atoms with E-state index in [0.717, 1.165) is 96.9 Å². The van der Waals surface area contributed by atoms with Gasteiger partial charge >= 0.3 is 34.1 Å². The Morgan fingerprint density at radius 2 is 1.23 bits per heavy atom. The first-order valence-corrected chi connectivity index (χ1v) is 49.0. The molecule has 3 aliphatic rings. The van der Waals surface area contributed by atoms with Gasteiger partial charge in [0.2, 0.25) is 16.2 Å². The standard InChI is InChI=1S/C90H129N10O21PS2/c1-3-5-7-9-11-13-15-17-19-21-23-25-33-44-80(102)116-63-69(119-81(103)45-34-26-24-22-20-18-16-14-12-10-8-6-4-2)64-118-122(108,109)117-60-58-93-79(101)43-32-28-37-59-100-62-67(96-99-100)47-55-78-70-42-38-41-68(48-50-72(70)83(98-97-78)65-39-30-27-31-40-65)120-90(107)95-57-36-29-35-56-94-88(104)66-46-49-71(75(61-66)89(105)106)82-73-51-53-76(91)86(123(110,111)112)84(73)121-85-74(82)52-54-77(92)87(85)124(113,114)115/h27,30-31,39-40,46,49,51-54,61-62,68-69,91H,3-26,28-29,32-38,41-45,47-48,50,55-60,63-64,92H2,1-2H3,(H,93,101)(H,94,104)(H,95,107)(H,105,106)(H,108,109)(H,110,111,112)(H,113,114,115)/p-1/t68?,69-/m1/s1. The van der Waals surface area contributed by atoms with Gasteiger partial charge in [-0.15, -0.1) is 10.2 Å². The van der Waals surface area contributed by atoms with Crippen molar-refractivity contribution >= 4 is 80.5 Å². The van der Waals surface area contributed by atoms with Gasteiger partial charge in [0.05, 0.1) is 41.5 Å². The molecule has 1 aliphatic heterocycles. The molecule has 3 atom stereocenters. The number of aromatic carboxylic acids is 1. The van der Waals surface area contributed by atoms with Gasteiger partial charge in [0.25, 0.3) is 13.7 Å². The van der Waals surface area contributed by atoms with Crippen LogP contribution in [0.5, 0.6) is 0 Å². The highest BCUT2D eigenvalue weighted by Gasteiger charge is 2.33. The summed E-state index contributed by atoms with van der Waals surface area (Å²) in [5.74, 6) is -4.15. The van der Waals surface area contributed by atoms with E-state index >= 15 is 0 Å². The molecule has 5 aromatic rings. The molecule has 0 radical (unpaired) electrons. The number of anilines is 1. The molecular weight excluding hydrogens is 1650 g/mol. The first-order valence-electron chi connectivity index (χ1n) is 44.7. The Morgan fingerprint density at radius 1 is 0.637 bits per heavy atom. The Kier molecular flexibility index (Phi) is 43.2. The van der Waals surface area contributed by atoms with Crippen molar-refractivity contribution in [3.8, 4) is 33.7 Å². The quantitative estimate of drug-likeness (QED) is 0.00354. The molecule has 2 unspecified atom stereocenters. The van der Waals surface area contributed by atoms with Gasteiger partial charge in [-0.3, -0.25) is 38.4 Å². The summed E-state index contributed by atoms with van der Waals surface area (Å²) in [5.41, 5.74) is 9.07. The van der Waals surface area contributed by atoms with E-state index in [1.807, 2.05) is 36.5 Å². The summed E-state index contributed by atoms with van der Waals surface area (Å²) >= 11 is 0. The van der Waals surface area contributed by atoms with Gasteiger partial charge in [-0.05, 0) is 137 Å². The molecule has 3 aromatic carbocycles. The van der Waals surface area contributed by atoms with Crippen LogP contribution in [0.1, 0.15) is 301 Å². The third kappa shape index (κ3) is 34.4. The van der Waals surface area contributed by atoms with Crippen LogP contribution in [-0.4, -0.2) is 144 Å². The monoisotopic (exact) mass is 1780 g/mol. The third-order valence-corrected chi connectivity index (χ3v) is 25.1. The van der Waals surface area contributed by atoms with Crippen molar-refractivity contribution in [3.05, 3.63) is 118 Å². The second kappa shape index (κ2) is 53.4. The number of fused-ring (bicyclic) bond motifs is 3. The summed E-state index contributed by atoms with van der Waals surface area (Å²) in [7, 11) is -15.5. The van der Waals surface area contributed by atoms with Gasteiger partial charge in [0.1, 0.15) is 27.7 Å². The molecule has 682 valence electrons. The van der Waals surface area contributed by atoms with Crippen molar-refractivity contribution in [3.63, 3.8) is 0 Å². The summed E-state index contributed by atoms with van der Waals surface area (Å²) in [6.45, 7) is 4.04. The topological polar surface area (TPSA) is 478 Å². The molecule has 0 spiro atoms. The first kappa shape index (κ1) is 100. The maximum Gasteiger partial charge on any atom is 0.407 e. The molecule has 9 N–H and O–H groups in total. The number of benzene rings is 4. The lowest BCUT2D eigenvalue weighted by atomic mass is 9.88. The highest BCUT2D eigenvalue weighted by atomic mass is 32.2. The van der Waals surface area contributed by atoms with E-state index in [1.165, 1.54) is 140 Å². The van der Waals surface area contributed by atoms with Crippen LogP contribution in [0.4, 0.5) is 10.5 Å². The van der Waals surface area contributed by atoms with Crippen LogP contribution in [0.15, 0.2) is 93.2 Å². The second-order valence-corrected chi connectivity index (χ2v) is 36.3. The average molecular weight is 1780 g/mol. The minimum Gasteiger partial charge on any atom is -0.756 e. The zero-order valence-corrected chi connectivity index (χ0v) is 74.6. The molecule has 0 saturated heterocycles. The van der Waals surface area contributed by atoms with Gasteiger partial charge < -0.3 is 63.9 Å². The Labute approximate surface area is 729 Å². The molecule has 2 aliphatic carbocycles. The lowest BCUT2D eigenvalue weighted by Gasteiger charge is -2.25. The number of alkyl carbamates (subject to hydrolysis) is 1. The fraction of sp³-hybridized carbons (Fsp3) is 0.589.